The first kappa shape index (κ1) is 15.4. The monoisotopic (exact) mass is 337 g/mol. The number of pyridine rings is 2. The highest BCUT2D eigenvalue weighted by Crippen LogP contribution is 2.31. The van der Waals surface area contributed by atoms with E-state index in [1.54, 1.807) is 20.2 Å². The van der Waals surface area contributed by atoms with Crippen LogP contribution in [-0.4, -0.2) is 47.1 Å². The summed E-state index contributed by atoms with van der Waals surface area (Å²) < 4.78 is 5.12. The molecule has 2 N–H and O–H groups in total. The number of anilines is 1. The molecule has 0 atom stereocenters. The summed E-state index contributed by atoms with van der Waals surface area (Å²) in [7, 11) is 1.60. The summed E-state index contributed by atoms with van der Waals surface area (Å²) in [6.07, 6.45) is 5.60. The summed E-state index contributed by atoms with van der Waals surface area (Å²) in [6.45, 7) is 3.15. The fourth-order valence-corrected chi connectivity index (χ4v) is 3.13. The molecule has 1 saturated heterocycles. The Bertz CT molecular complexity index is 913. The van der Waals surface area contributed by atoms with Gasteiger partial charge in [0.2, 0.25) is 11.8 Å². The SMILES string of the molecule is COc1ccc(-c2c[nH]c3ncc(N4CC(NC(C)=O)C4)cc23)cn1. The van der Waals surface area contributed by atoms with Crippen molar-refractivity contribution in [3.63, 3.8) is 0 Å². The van der Waals surface area contributed by atoms with Gasteiger partial charge in [0.25, 0.3) is 0 Å². The van der Waals surface area contributed by atoms with Crippen molar-refractivity contribution in [1.29, 1.82) is 0 Å². The van der Waals surface area contributed by atoms with Crippen LogP contribution < -0.4 is 15.0 Å². The second-order valence-electron chi connectivity index (χ2n) is 6.18. The van der Waals surface area contributed by atoms with Gasteiger partial charge < -0.3 is 19.9 Å². The summed E-state index contributed by atoms with van der Waals surface area (Å²) in [5, 5.41) is 3.98. The minimum atomic E-state index is 0.0122. The van der Waals surface area contributed by atoms with Gasteiger partial charge in [0.05, 0.1) is 25.0 Å². The molecule has 0 unspecified atom stereocenters. The summed E-state index contributed by atoms with van der Waals surface area (Å²) in [5.41, 5.74) is 3.95. The summed E-state index contributed by atoms with van der Waals surface area (Å²) in [5.74, 6) is 0.602. The number of H-pyrrole nitrogens is 1. The Morgan fingerprint density at radius 1 is 1.32 bits per heavy atom. The molecule has 4 heterocycles. The molecular formula is C18H19N5O2. The van der Waals surface area contributed by atoms with Crippen molar-refractivity contribution in [3.05, 3.63) is 36.8 Å². The number of amides is 1. The van der Waals surface area contributed by atoms with Gasteiger partial charge in [0.1, 0.15) is 5.65 Å². The van der Waals surface area contributed by atoms with Crippen LogP contribution in [0, 0.1) is 0 Å². The normalized spacial score (nSPS) is 14.4. The molecule has 1 aliphatic rings. The lowest BCUT2D eigenvalue weighted by atomic mass is 10.1. The molecule has 1 amide bonds. The Hall–Kier alpha value is -3.09. The third kappa shape index (κ3) is 2.88. The van der Waals surface area contributed by atoms with Crippen LogP contribution in [0.5, 0.6) is 5.88 Å². The third-order valence-corrected chi connectivity index (χ3v) is 4.43. The Morgan fingerprint density at radius 2 is 2.16 bits per heavy atom. The first-order chi connectivity index (χ1) is 12.1. The van der Waals surface area contributed by atoms with Crippen molar-refractivity contribution in [2.24, 2.45) is 0 Å². The first-order valence-electron chi connectivity index (χ1n) is 8.13. The molecule has 128 valence electrons. The number of aromatic nitrogens is 3. The maximum Gasteiger partial charge on any atom is 0.217 e. The lowest BCUT2D eigenvalue weighted by molar-refractivity contribution is -0.119. The third-order valence-electron chi connectivity index (χ3n) is 4.43. The topological polar surface area (TPSA) is 83.1 Å². The number of fused-ring (bicyclic) bond motifs is 1. The van der Waals surface area contributed by atoms with Gasteiger partial charge in [-0.3, -0.25) is 4.79 Å². The van der Waals surface area contributed by atoms with E-state index in [1.165, 1.54) is 0 Å². The number of methoxy groups -OCH3 is 1. The second-order valence-corrected chi connectivity index (χ2v) is 6.18. The first-order valence-corrected chi connectivity index (χ1v) is 8.13. The van der Waals surface area contributed by atoms with E-state index < -0.39 is 0 Å². The standard InChI is InChI=1S/C18H19N5O2/c1-11(24)22-13-9-23(10-13)14-5-15-16(8-21-18(15)20-7-14)12-3-4-17(25-2)19-6-12/h3-8,13H,9-10H2,1-2H3,(H,20,21)(H,22,24). The molecule has 25 heavy (non-hydrogen) atoms. The molecule has 0 saturated carbocycles. The molecule has 3 aromatic heterocycles. The minimum absolute atomic E-state index is 0.0122. The second kappa shape index (κ2) is 6.08. The van der Waals surface area contributed by atoms with Crippen LogP contribution in [-0.2, 0) is 4.79 Å². The highest BCUT2D eigenvalue weighted by atomic mass is 16.5. The Balaban J connectivity index is 1.61. The predicted molar refractivity (Wildman–Crippen MR) is 95.7 cm³/mol. The fourth-order valence-electron chi connectivity index (χ4n) is 3.13. The average molecular weight is 337 g/mol. The van der Waals surface area contributed by atoms with E-state index in [4.69, 9.17) is 4.74 Å². The lowest BCUT2D eigenvalue weighted by Crippen LogP contribution is -2.59. The number of hydrogen-bond acceptors (Lipinski definition) is 5. The van der Waals surface area contributed by atoms with Crippen LogP contribution in [0.4, 0.5) is 5.69 Å². The molecule has 0 spiro atoms. The van der Waals surface area contributed by atoms with Crippen LogP contribution in [0.15, 0.2) is 36.8 Å². The van der Waals surface area contributed by atoms with Crippen molar-refractivity contribution in [1.82, 2.24) is 20.3 Å². The van der Waals surface area contributed by atoms with Crippen LogP contribution in [0.25, 0.3) is 22.2 Å². The predicted octanol–water partition coefficient (Wildman–Crippen LogP) is 1.96. The average Bonchev–Trinajstić information content (AvgIpc) is 3.00. The van der Waals surface area contributed by atoms with E-state index in [0.29, 0.717) is 5.88 Å². The highest BCUT2D eigenvalue weighted by Gasteiger charge is 2.28. The summed E-state index contributed by atoms with van der Waals surface area (Å²) >= 11 is 0. The molecule has 0 aromatic carbocycles. The summed E-state index contributed by atoms with van der Waals surface area (Å²) in [4.78, 5) is 25.3. The molecule has 4 rings (SSSR count). The molecule has 7 nitrogen and oxygen atoms in total. The molecule has 7 heteroatoms. The molecule has 1 aliphatic heterocycles. The van der Waals surface area contributed by atoms with Crippen LogP contribution in [0.1, 0.15) is 6.92 Å². The van der Waals surface area contributed by atoms with E-state index in [1.807, 2.05) is 24.5 Å². The lowest BCUT2D eigenvalue weighted by Gasteiger charge is -2.40. The van der Waals surface area contributed by atoms with E-state index in [2.05, 4.69) is 31.2 Å². The fraction of sp³-hybridized carbons (Fsp3) is 0.278. The van der Waals surface area contributed by atoms with Crippen molar-refractivity contribution < 1.29 is 9.53 Å². The van der Waals surface area contributed by atoms with Gasteiger partial charge in [-0.2, -0.15) is 0 Å². The molecule has 3 aromatic rings. The smallest absolute Gasteiger partial charge is 0.217 e. The zero-order valence-corrected chi connectivity index (χ0v) is 14.1. The van der Waals surface area contributed by atoms with Gasteiger partial charge in [-0.15, -0.1) is 0 Å². The van der Waals surface area contributed by atoms with Crippen LogP contribution in [0.3, 0.4) is 0 Å². The van der Waals surface area contributed by atoms with Crippen molar-refractivity contribution in [3.8, 4) is 17.0 Å². The number of aromatic amines is 1. The number of carbonyl (C=O) groups excluding carboxylic acids is 1. The van der Waals surface area contributed by atoms with Crippen molar-refractivity contribution in [2.45, 2.75) is 13.0 Å². The van der Waals surface area contributed by atoms with Gasteiger partial charge >= 0.3 is 0 Å². The molecular weight excluding hydrogens is 318 g/mol. The number of rotatable bonds is 4. The van der Waals surface area contributed by atoms with Gasteiger partial charge in [-0.25, -0.2) is 9.97 Å². The number of hydrogen-bond donors (Lipinski definition) is 2. The van der Waals surface area contributed by atoms with E-state index >= 15 is 0 Å². The molecule has 0 aliphatic carbocycles. The van der Waals surface area contributed by atoms with Gasteiger partial charge in [-0.05, 0) is 12.1 Å². The van der Waals surface area contributed by atoms with Crippen LogP contribution >= 0.6 is 0 Å². The number of nitrogens with zero attached hydrogens (tertiary/aromatic N) is 3. The zero-order chi connectivity index (χ0) is 17.4. The minimum Gasteiger partial charge on any atom is -0.481 e. The Kier molecular flexibility index (Phi) is 3.76. The maximum atomic E-state index is 11.1. The van der Waals surface area contributed by atoms with E-state index in [9.17, 15) is 4.79 Å². The van der Waals surface area contributed by atoms with Gasteiger partial charge in [-0.1, -0.05) is 0 Å². The largest absolute Gasteiger partial charge is 0.481 e. The molecule has 0 bridgehead atoms. The number of nitrogens with one attached hydrogen (secondary N) is 2. The van der Waals surface area contributed by atoms with Crippen LogP contribution in [0.2, 0.25) is 0 Å². The summed E-state index contributed by atoms with van der Waals surface area (Å²) in [6, 6.07) is 6.17. The number of ether oxygens (including phenoxy) is 1. The van der Waals surface area contributed by atoms with Gasteiger partial charge in [0.15, 0.2) is 0 Å². The Morgan fingerprint density at radius 3 is 2.84 bits per heavy atom. The number of carbonyl (C=O) groups is 1. The van der Waals surface area contributed by atoms with E-state index in [-0.39, 0.29) is 11.9 Å². The van der Waals surface area contributed by atoms with Crippen molar-refractivity contribution in [2.75, 3.05) is 25.1 Å². The highest BCUT2D eigenvalue weighted by molar-refractivity contribution is 5.95. The molecule has 1 fully saturated rings. The quantitative estimate of drug-likeness (QED) is 0.760. The van der Waals surface area contributed by atoms with Crippen molar-refractivity contribution >= 4 is 22.6 Å². The van der Waals surface area contributed by atoms with Gasteiger partial charge in [0, 0.05) is 55.0 Å². The maximum absolute atomic E-state index is 11.1. The Labute approximate surface area is 145 Å². The molecule has 0 radical (unpaired) electrons. The van der Waals surface area contributed by atoms with E-state index in [0.717, 1.165) is 40.9 Å². The zero-order valence-electron chi connectivity index (χ0n) is 14.1.